The van der Waals surface area contributed by atoms with Crippen LogP contribution in [-0.4, -0.2) is 30.1 Å². The molecule has 5 heteroatoms. The van der Waals surface area contributed by atoms with Gasteiger partial charge in [-0.2, -0.15) is 5.26 Å². The molecule has 92 valence electrons. The number of hydrogen-bond acceptors (Lipinski definition) is 5. The van der Waals surface area contributed by atoms with Crippen LogP contribution in [0.25, 0.3) is 0 Å². The van der Waals surface area contributed by atoms with Crippen molar-refractivity contribution in [2.45, 2.75) is 32.7 Å². The van der Waals surface area contributed by atoms with Crippen molar-refractivity contribution >= 4 is 11.6 Å². The van der Waals surface area contributed by atoms with Crippen molar-refractivity contribution in [2.75, 3.05) is 24.3 Å². The molecule has 1 rings (SSSR count). The van der Waals surface area contributed by atoms with Crippen molar-refractivity contribution in [3.05, 3.63) is 11.9 Å². The highest BCUT2D eigenvalue weighted by Gasteiger charge is 2.12. The van der Waals surface area contributed by atoms with Crippen LogP contribution < -0.4 is 10.2 Å². The Morgan fingerprint density at radius 2 is 2.24 bits per heavy atom. The van der Waals surface area contributed by atoms with Crippen molar-refractivity contribution < 1.29 is 0 Å². The number of aromatic nitrogens is 2. The van der Waals surface area contributed by atoms with Crippen LogP contribution in [0.15, 0.2) is 6.07 Å². The van der Waals surface area contributed by atoms with E-state index < -0.39 is 0 Å². The molecule has 1 aromatic heterocycles. The summed E-state index contributed by atoms with van der Waals surface area (Å²) in [5.74, 6) is 2.47. The molecule has 1 heterocycles. The SMILES string of the molecule is CCc1nc(NC)cc(N(C)C(C)CC#N)n1. The van der Waals surface area contributed by atoms with Crippen molar-refractivity contribution in [2.24, 2.45) is 0 Å². The van der Waals surface area contributed by atoms with E-state index in [1.54, 1.807) is 0 Å². The third-order valence-corrected chi connectivity index (χ3v) is 2.74. The Balaban J connectivity index is 3.00. The highest BCUT2D eigenvalue weighted by Crippen LogP contribution is 2.17. The lowest BCUT2D eigenvalue weighted by Crippen LogP contribution is -2.29. The van der Waals surface area contributed by atoms with Gasteiger partial charge in [-0.15, -0.1) is 0 Å². The zero-order chi connectivity index (χ0) is 12.8. The number of hydrogen-bond donors (Lipinski definition) is 1. The highest BCUT2D eigenvalue weighted by atomic mass is 15.2. The molecule has 0 amide bonds. The second-order valence-electron chi connectivity index (χ2n) is 3.95. The molecule has 0 bridgehead atoms. The summed E-state index contributed by atoms with van der Waals surface area (Å²) in [5, 5.41) is 11.7. The van der Waals surface area contributed by atoms with E-state index >= 15 is 0 Å². The maximum Gasteiger partial charge on any atom is 0.134 e. The fraction of sp³-hybridized carbons (Fsp3) is 0.583. The van der Waals surface area contributed by atoms with Gasteiger partial charge in [-0.25, -0.2) is 9.97 Å². The van der Waals surface area contributed by atoms with Crippen molar-refractivity contribution in [1.82, 2.24) is 9.97 Å². The number of aryl methyl sites for hydroxylation is 1. The Kier molecular flexibility index (Phi) is 4.70. The van der Waals surface area contributed by atoms with Crippen LogP contribution in [0.1, 0.15) is 26.1 Å². The van der Waals surface area contributed by atoms with E-state index in [2.05, 4.69) is 21.4 Å². The molecule has 0 aromatic carbocycles. The summed E-state index contributed by atoms with van der Waals surface area (Å²) in [6, 6.07) is 4.21. The average molecular weight is 233 g/mol. The number of nitrogens with zero attached hydrogens (tertiary/aromatic N) is 4. The number of nitrogens with one attached hydrogen (secondary N) is 1. The molecule has 17 heavy (non-hydrogen) atoms. The lowest BCUT2D eigenvalue weighted by molar-refractivity contribution is 0.690. The van der Waals surface area contributed by atoms with Gasteiger partial charge in [0, 0.05) is 32.6 Å². The van der Waals surface area contributed by atoms with E-state index in [-0.39, 0.29) is 6.04 Å². The lowest BCUT2D eigenvalue weighted by atomic mass is 10.2. The molecule has 1 atom stereocenters. The van der Waals surface area contributed by atoms with E-state index in [0.29, 0.717) is 6.42 Å². The summed E-state index contributed by atoms with van der Waals surface area (Å²) >= 11 is 0. The summed E-state index contributed by atoms with van der Waals surface area (Å²) in [7, 11) is 3.79. The van der Waals surface area contributed by atoms with Gasteiger partial charge in [-0.3, -0.25) is 0 Å². The van der Waals surface area contributed by atoms with E-state index in [1.807, 2.05) is 38.9 Å². The summed E-state index contributed by atoms with van der Waals surface area (Å²) in [4.78, 5) is 10.8. The zero-order valence-electron chi connectivity index (χ0n) is 10.9. The molecule has 0 fully saturated rings. The minimum atomic E-state index is 0.143. The second-order valence-corrected chi connectivity index (χ2v) is 3.95. The largest absolute Gasteiger partial charge is 0.373 e. The molecule has 0 aliphatic heterocycles. The molecule has 0 saturated heterocycles. The smallest absolute Gasteiger partial charge is 0.134 e. The molecule has 0 radical (unpaired) electrons. The third-order valence-electron chi connectivity index (χ3n) is 2.74. The maximum absolute atomic E-state index is 8.71. The van der Waals surface area contributed by atoms with Gasteiger partial charge in [-0.1, -0.05) is 6.92 Å². The van der Waals surface area contributed by atoms with Crippen LogP contribution in [-0.2, 0) is 6.42 Å². The van der Waals surface area contributed by atoms with Crippen LogP contribution in [0.4, 0.5) is 11.6 Å². The first-order valence-electron chi connectivity index (χ1n) is 5.77. The molecule has 5 nitrogen and oxygen atoms in total. The van der Waals surface area contributed by atoms with E-state index in [1.165, 1.54) is 0 Å². The monoisotopic (exact) mass is 233 g/mol. The molecule has 1 unspecified atom stereocenters. The van der Waals surface area contributed by atoms with Gasteiger partial charge in [-0.05, 0) is 6.92 Å². The standard InChI is InChI=1S/C12H19N5/c1-5-10-15-11(14-3)8-12(16-10)17(4)9(2)6-7-13/h8-9H,5-6H2,1-4H3,(H,14,15,16). The molecule has 0 spiro atoms. The highest BCUT2D eigenvalue weighted by molar-refractivity contribution is 5.49. The molecular formula is C12H19N5. The summed E-state index contributed by atoms with van der Waals surface area (Å²) < 4.78 is 0. The third kappa shape index (κ3) is 3.31. The maximum atomic E-state index is 8.71. The topological polar surface area (TPSA) is 64.8 Å². The fourth-order valence-electron chi connectivity index (χ4n) is 1.44. The minimum absolute atomic E-state index is 0.143. The molecule has 0 aliphatic carbocycles. The predicted octanol–water partition coefficient (Wildman–Crippen LogP) is 1.82. The normalized spacial score (nSPS) is 11.7. The van der Waals surface area contributed by atoms with E-state index in [9.17, 15) is 0 Å². The summed E-state index contributed by atoms with van der Waals surface area (Å²) in [6.07, 6.45) is 1.28. The first kappa shape index (κ1) is 13.2. The molecule has 1 aromatic rings. The average Bonchev–Trinajstić information content (AvgIpc) is 2.37. The first-order valence-corrected chi connectivity index (χ1v) is 5.77. The van der Waals surface area contributed by atoms with Crippen molar-refractivity contribution in [3.63, 3.8) is 0 Å². The van der Waals surface area contributed by atoms with Gasteiger partial charge in [0.2, 0.25) is 0 Å². The molecule has 1 N–H and O–H groups in total. The van der Waals surface area contributed by atoms with Gasteiger partial charge in [0.05, 0.1) is 12.5 Å². The van der Waals surface area contributed by atoms with Gasteiger partial charge >= 0.3 is 0 Å². The first-order chi connectivity index (χ1) is 8.12. The van der Waals surface area contributed by atoms with Crippen LogP contribution in [0.3, 0.4) is 0 Å². The van der Waals surface area contributed by atoms with Gasteiger partial charge in [0.15, 0.2) is 0 Å². The zero-order valence-corrected chi connectivity index (χ0v) is 10.9. The van der Waals surface area contributed by atoms with Crippen molar-refractivity contribution in [1.29, 1.82) is 5.26 Å². The van der Waals surface area contributed by atoms with Gasteiger partial charge < -0.3 is 10.2 Å². The molecular weight excluding hydrogens is 214 g/mol. The quantitative estimate of drug-likeness (QED) is 0.840. The fourth-order valence-corrected chi connectivity index (χ4v) is 1.44. The van der Waals surface area contributed by atoms with E-state index in [4.69, 9.17) is 5.26 Å². The molecule has 0 saturated carbocycles. The number of rotatable bonds is 5. The molecule has 0 aliphatic rings. The van der Waals surface area contributed by atoms with Gasteiger partial charge in [0.25, 0.3) is 0 Å². The summed E-state index contributed by atoms with van der Waals surface area (Å²) in [5.41, 5.74) is 0. The Morgan fingerprint density at radius 3 is 2.76 bits per heavy atom. The predicted molar refractivity (Wildman–Crippen MR) is 69.1 cm³/mol. The van der Waals surface area contributed by atoms with Gasteiger partial charge in [0.1, 0.15) is 17.5 Å². The lowest BCUT2D eigenvalue weighted by Gasteiger charge is -2.24. The minimum Gasteiger partial charge on any atom is -0.373 e. The van der Waals surface area contributed by atoms with Crippen molar-refractivity contribution in [3.8, 4) is 6.07 Å². The summed E-state index contributed by atoms with van der Waals surface area (Å²) in [6.45, 7) is 4.03. The van der Waals surface area contributed by atoms with Crippen LogP contribution in [0.5, 0.6) is 0 Å². The van der Waals surface area contributed by atoms with Crippen LogP contribution >= 0.6 is 0 Å². The Hall–Kier alpha value is -1.83. The number of nitriles is 1. The van der Waals surface area contributed by atoms with E-state index in [0.717, 1.165) is 23.9 Å². The van der Waals surface area contributed by atoms with Crippen LogP contribution in [0, 0.1) is 11.3 Å². The Labute approximate surface area is 102 Å². The Bertz CT molecular complexity index is 388. The Morgan fingerprint density at radius 1 is 1.53 bits per heavy atom. The second kappa shape index (κ2) is 6.04. The number of anilines is 2. The van der Waals surface area contributed by atoms with Crippen LogP contribution in [0.2, 0.25) is 0 Å².